The molecule has 4 nitrogen and oxygen atoms in total. The van der Waals surface area contributed by atoms with Gasteiger partial charge in [-0.3, -0.25) is 4.90 Å². The molecule has 0 unspecified atom stereocenters. The summed E-state index contributed by atoms with van der Waals surface area (Å²) in [5.41, 5.74) is 0.898. The smallest absolute Gasteiger partial charge is 0.370 e. The van der Waals surface area contributed by atoms with Crippen LogP contribution in [0.15, 0.2) is 6.07 Å². The normalized spacial score (nSPS) is 20.0. The molecule has 0 spiro atoms. The summed E-state index contributed by atoms with van der Waals surface area (Å²) < 4.78 is 37.0. The Morgan fingerprint density at radius 1 is 1.38 bits per heavy atom. The van der Waals surface area contributed by atoms with Crippen molar-refractivity contribution in [3.63, 3.8) is 0 Å². The predicted octanol–water partition coefficient (Wildman–Crippen LogP) is 2.64. The number of hydrogen-bond donors (Lipinski definition) is 1. The SMILES string of the molecule is CCc1nc(C)cc(NC[C@@H]2CCN(CC(F)(F)F)C2)n1. The second-order valence-electron chi connectivity index (χ2n) is 5.55. The summed E-state index contributed by atoms with van der Waals surface area (Å²) in [4.78, 5) is 10.1. The minimum Gasteiger partial charge on any atom is -0.370 e. The van der Waals surface area contributed by atoms with Crippen LogP contribution in [0.5, 0.6) is 0 Å². The van der Waals surface area contributed by atoms with Gasteiger partial charge in [0, 0.05) is 31.3 Å². The van der Waals surface area contributed by atoms with E-state index in [1.165, 1.54) is 4.90 Å². The van der Waals surface area contributed by atoms with E-state index in [0.29, 0.717) is 19.6 Å². The molecule has 1 aromatic rings. The fraction of sp³-hybridized carbons (Fsp3) is 0.714. The van der Waals surface area contributed by atoms with Crippen LogP contribution < -0.4 is 5.32 Å². The molecule has 0 aliphatic carbocycles. The molecule has 0 saturated carbocycles. The van der Waals surface area contributed by atoms with Crippen LogP contribution in [0.4, 0.5) is 19.0 Å². The van der Waals surface area contributed by atoms with Crippen LogP contribution in [0.3, 0.4) is 0 Å². The first-order valence-corrected chi connectivity index (χ1v) is 7.23. The van der Waals surface area contributed by atoms with Gasteiger partial charge in [-0.05, 0) is 25.8 Å². The maximum absolute atomic E-state index is 12.3. The summed E-state index contributed by atoms with van der Waals surface area (Å²) in [5, 5.41) is 3.23. The van der Waals surface area contributed by atoms with Crippen molar-refractivity contribution in [3.8, 4) is 0 Å². The van der Waals surface area contributed by atoms with Gasteiger partial charge in [0.15, 0.2) is 0 Å². The second-order valence-corrected chi connectivity index (χ2v) is 5.55. The van der Waals surface area contributed by atoms with Crippen LogP contribution in [-0.2, 0) is 6.42 Å². The van der Waals surface area contributed by atoms with Crippen LogP contribution in [-0.4, -0.2) is 47.2 Å². The lowest BCUT2D eigenvalue weighted by Crippen LogP contribution is -2.33. The second kappa shape index (κ2) is 6.60. The van der Waals surface area contributed by atoms with E-state index < -0.39 is 12.7 Å². The Morgan fingerprint density at radius 3 is 2.81 bits per heavy atom. The van der Waals surface area contributed by atoms with E-state index >= 15 is 0 Å². The number of halogens is 3. The molecule has 0 amide bonds. The lowest BCUT2D eigenvalue weighted by atomic mass is 10.1. The monoisotopic (exact) mass is 302 g/mol. The molecule has 0 aromatic carbocycles. The molecular formula is C14H21F3N4. The molecule has 2 heterocycles. The van der Waals surface area contributed by atoms with Gasteiger partial charge in [-0.1, -0.05) is 6.92 Å². The van der Waals surface area contributed by atoms with E-state index in [0.717, 1.165) is 30.2 Å². The van der Waals surface area contributed by atoms with Gasteiger partial charge in [0.2, 0.25) is 0 Å². The molecule has 1 aromatic heterocycles. The molecule has 1 aliphatic rings. The zero-order valence-corrected chi connectivity index (χ0v) is 12.4. The van der Waals surface area contributed by atoms with Crippen molar-refractivity contribution in [2.75, 3.05) is 31.5 Å². The summed E-state index contributed by atoms with van der Waals surface area (Å²) in [5.74, 6) is 1.77. The fourth-order valence-corrected chi connectivity index (χ4v) is 2.60. The van der Waals surface area contributed by atoms with Gasteiger partial charge in [0.05, 0.1) is 6.54 Å². The highest BCUT2D eigenvalue weighted by Crippen LogP contribution is 2.23. The average Bonchev–Trinajstić information content (AvgIpc) is 2.81. The van der Waals surface area contributed by atoms with Crippen LogP contribution in [0, 0.1) is 12.8 Å². The van der Waals surface area contributed by atoms with E-state index in [4.69, 9.17) is 0 Å². The maximum atomic E-state index is 12.3. The summed E-state index contributed by atoms with van der Waals surface area (Å²) in [7, 11) is 0. The highest BCUT2D eigenvalue weighted by atomic mass is 19.4. The van der Waals surface area contributed by atoms with Crippen molar-refractivity contribution >= 4 is 5.82 Å². The molecule has 1 fully saturated rings. The number of rotatable bonds is 5. The topological polar surface area (TPSA) is 41.1 Å². The summed E-state index contributed by atoms with van der Waals surface area (Å²) >= 11 is 0. The molecule has 118 valence electrons. The zero-order chi connectivity index (χ0) is 15.5. The van der Waals surface area contributed by atoms with E-state index in [-0.39, 0.29) is 5.92 Å². The van der Waals surface area contributed by atoms with Crippen molar-refractivity contribution in [1.82, 2.24) is 14.9 Å². The summed E-state index contributed by atoms with van der Waals surface area (Å²) in [6, 6.07) is 1.86. The number of hydrogen-bond acceptors (Lipinski definition) is 4. The number of nitrogens with zero attached hydrogens (tertiary/aromatic N) is 3. The molecule has 1 atom stereocenters. The van der Waals surface area contributed by atoms with Gasteiger partial charge in [-0.15, -0.1) is 0 Å². The lowest BCUT2D eigenvalue weighted by molar-refractivity contribution is -0.143. The Kier molecular flexibility index (Phi) is 5.03. The first-order valence-electron chi connectivity index (χ1n) is 7.23. The number of aromatic nitrogens is 2. The van der Waals surface area contributed by atoms with E-state index in [2.05, 4.69) is 15.3 Å². The van der Waals surface area contributed by atoms with Crippen LogP contribution in [0.1, 0.15) is 24.9 Å². The number of aryl methyl sites for hydroxylation is 2. The standard InChI is InChI=1S/C14H21F3N4/c1-3-12-19-10(2)6-13(20-12)18-7-11-4-5-21(8-11)9-14(15,16)17/h6,11H,3-5,7-9H2,1-2H3,(H,18,19,20)/t11-/m0/s1. The number of alkyl halides is 3. The first-order chi connectivity index (χ1) is 9.85. The minimum absolute atomic E-state index is 0.229. The number of anilines is 1. The van der Waals surface area contributed by atoms with Crippen molar-refractivity contribution in [1.29, 1.82) is 0 Å². The van der Waals surface area contributed by atoms with Crippen molar-refractivity contribution < 1.29 is 13.2 Å². The van der Waals surface area contributed by atoms with Crippen LogP contribution in [0.2, 0.25) is 0 Å². The molecule has 0 radical (unpaired) electrons. The molecule has 1 aliphatic heterocycles. The Labute approximate surface area is 122 Å². The molecule has 7 heteroatoms. The third-order valence-electron chi connectivity index (χ3n) is 3.56. The van der Waals surface area contributed by atoms with Crippen molar-refractivity contribution in [2.24, 2.45) is 5.92 Å². The largest absolute Gasteiger partial charge is 0.401 e. The van der Waals surface area contributed by atoms with Gasteiger partial charge in [-0.25, -0.2) is 9.97 Å². The average molecular weight is 302 g/mol. The van der Waals surface area contributed by atoms with E-state index in [9.17, 15) is 13.2 Å². The third kappa shape index (κ3) is 5.15. The maximum Gasteiger partial charge on any atom is 0.401 e. The third-order valence-corrected chi connectivity index (χ3v) is 3.56. The van der Waals surface area contributed by atoms with E-state index in [1.54, 1.807) is 0 Å². The van der Waals surface area contributed by atoms with Crippen molar-refractivity contribution in [2.45, 2.75) is 32.9 Å². The van der Waals surface area contributed by atoms with Crippen LogP contribution in [0.25, 0.3) is 0 Å². The zero-order valence-electron chi connectivity index (χ0n) is 12.4. The summed E-state index contributed by atoms with van der Waals surface area (Å²) in [6.45, 7) is 4.73. The highest BCUT2D eigenvalue weighted by Gasteiger charge is 2.34. The molecule has 1 N–H and O–H groups in total. The lowest BCUT2D eigenvalue weighted by Gasteiger charge is -2.18. The number of nitrogens with one attached hydrogen (secondary N) is 1. The molecular weight excluding hydrogens is 281 g/mol. The Bertz CT molecular complexity index is 476. The van der Waals surface area contributed by atoms with Gasteiger partial charge in [-0.2, -0.15) is 13.2 Å². The Balaban J connectivity index is 1.83. The van der Waals surface area contributed by atoms with Gasteiger partial charge >= 0.3 is 6.18 Å². The molecule has 0 bridgehead atoms. The van der Waals surface area contributed by atoms with Crippen LogP contribution >= 0.6 is 0 Å². The quantitative estimate of drug-likeness (QED) is 0.908. The Hall–Kier alpha value is -1.37. The highest BCUT2D eigenvalue weighted by molar-refractivity contribution is 5.35. The summed E-state index contributed by atoms with van der Waals surface area (Å²) in [6.07, 6.45) is -2.56. The number of likely N-dealkylation sites (tertiary alicyclic amines) is 1. The van der Waals surface area contributed by atoms with Gasteiger partial charge in [0.25, 0.3) is 0 Å². The fourth-order valence-electron chi connectivity index (χ4n) is 2.60. The predicted molar refractivity (Wildman–Crippen MR) is 75.2 cm³/mol. The van der Waals surface area contributed by atoms with Crippen molar-refractivity contribution in [3.05, 3.63) is 17.6 Å². The Morgan fingerprint density at radius 2 is 2.14 bits per heavy atom. The molecule has 2 rings (SSSR count). The van der Waals surface area contributed by atoms with E-state index in [1.807, 2.05) is 19.9 Å². The first kappa shape index (κ1) is 16.0. The van der Waals surface area contributed by atoms with Gasteiger partial charge < -0.3 is 5.32 Å². The van der Waals surface area contributed by atoms with Gasteiger partial charge in [0.1, 0.15) is 11.6 Å². The minimum atomic E-state index is -4.11. The molecule has 21 heavy (non-hydrogen) atoms. The molecule has 1 saturated heterocycles.